The fourth-order valence-electron chi connectivity index (χ4n) is 4.42. The van der Waals surface area contributed by atoms with Gasteiger partial charge in [0, 0.05) is 31.8 Å². The minimum atomic E-state index is -1.03. The van der Waals surface area contributed by atoms with Crippen LogP contribution >= 0.6 is 0 Å². The second-order valence-electron chi connectivity index (χ2n) is 9.13. The first-order chi connectivity index (χ1) is 15.6. The van der Waals surface area contributed by atoms with Crippen molar-refractivity contribution in [2.45, 2.75) is 51.6 Å². The van der Waals surface area contributed by atoms with Gasteiger partial charge in [-0.15, -0.1) is 0 Å². The van der Waals surface area contributed by atoms with Crippen LogP contribution in [0.3, 0.4) is 0 Å². The quantitative estimate of drug-likeness (QED) is 0.396. The monoisotopic (exact) mass is 456 g/mol. The molecule has 1 aliphatic carbocycles. The molecule has 1 aromatic rings. The number of nitrogens with zero attached hydrogens (tertiary/aromatic N) is 1. The van der Waals surface area contributed by atoms with Crippen molar-refractivity contribution in [3.05, 3.63) is 47.2 Å². The van der Waals surface area contributed by atoms with Crippen LogP contribution in [0.5, 0.6) is 0 Å². The van der Waals surface area contributed by atoms with E-state index in [-0.39, 0.29) is 13.2 Å². The molecule has 0 saturated carbocycles. The number of esters is 2. The number of rotatable bonds is 6. The molecule has 1 aliphatic heterocycles. The molecule has 1 unspecified atom stereocenters. The van der Waals surface area contributed by atoms with Crippen LogP contribution in [0.25, 0.3) is 5.57 Å². The molecular formula is C25H32N2O6. The van der Waals surface area contributed by atoms with E-state index >= 15 is 0 Å². The maximum absolute atomic E-state index is 13.1. The van der Waals surface area contributed by atoms with Crippen molar-refractivity contribution in [1.29, 1.82) is 0 Å². The SMILES string of the molecule is CCOC(=O)/C(=C\NC)CC1=CCC2(C(=O)OC)CN(C(=O)OC(C)(C)C)c3cccc1c32. The Labute approximate surface area is 194 Å². The Morgan fingerprint density at radius 1 is 1.24 bits per heavy atom. The average molecular weight is 457 g/mol. The molecule has 3 rings (SSSR count). The largest absolute Gasteiger partial charge is 0.468 e. The van der Waals surface area contributed by atoms with E-state index in [2.05, 4.69) is 5.32 Å². The number of benzene rings is 1. The molecule has 2 aliphatic rings. The Hall–Kier alpha value is -3.29. The van der Waals surface area contributed by atoms with Crippen LogP contribution in [0.4, 0.5) is 10.5 Å². The Balaban J connectivity index is 2.08. The van der Waals surface area contributed by atoms with Gasteiger partial charge in [0.1, 0.15) is 11.0 Å². The lowest BCUT2D eigenvalue weighted by molar-refractivity contribution is -0.147. The second kappa shape index (κ2) is 9.29. The van der Waals surface area contributed by atoms with Crippen molar-refractivity contribution in [3.63, 3.8) is 0 Å². The smallest absolute Gasteiger partial charge is 0.414 e. The van der Waals surface area contributed by atoms with Gasteiger partial charge in [0.25, 0.3) is 0 Å². The topological polar surface area (TPSA) is 94.2 Å². The summed E-state index contributed by atoms with van der Waals surface area (Å²) in [5.41, 5.74) is 1.80. The lowest BCUT2D eigenvalue weighted by Gasteiger charge is -2.32. The van der Waals surface area contributed by atoms with Crippen LogP contribution < -0.4 is 10.2 Å². The summed E-state index contributed by atoms with van der Waals surface area (Å²) < 4.78 is 16.0. The van der Waals surface area contributed by atoms with Gasteiger partial charge in [0.05, 0.1) is 25.0 Å². The molecule has 8 heteroatoms. The molecule has 1 aromatic carbocycles. The van der Waals surface area contributed by atoms with Crippen molar-refractivity contribution in [2.24, 2.45) is 0 Å². The van der Waals surface area contributed by atoms with Crippen molar-refractivity contribution in [1.82, 2.24) is 5.32 Å². The summed E-state index contributed by atoms with van der Waals surface area (Å²) in [4.78, 5) is 40.1. The normalized spacial score (nSPS) is 19.4. The first kappa shape index (κ1) is 24.4. The fourth-order valence-corrected chi connectivity index (χ4v) is 4.42. The third kappa shape index (κ3) is 4.60. The van der Waals surface area contributed by atoms with Gasteiger partial charge in [0.15, 0.2) is 0 Å². The molecule has 0 bridgehead atoms. The van der Waals surface area contributed by atoms with Crippen molar-refractivity contribution in [3.8, 4) is 0 Å². The van der Waals surface area contributed by atoms with E-state index in [0.29, 0.717) is 24.1 Å². The number of carbonyl (C=O) groups is 3. The molecule has 0 saturated heterocycles. The highest BCUT2D eigenvalue weighted by molar-refractivity contribution is 6.02. The number of anilines is 1. The number of hydrogen-bond donors (Lipinski definition) is 1. The van der Waals surface area contributed by atoms with Crippen molar-refractivity contribution < 1.29 is 28.6 Å². The first-order valence-corrected chi connectivity index (χ1v) is 11.0. The Morgan fingerprint density at radius 2 is 1.97 bits per heavy atom. The molecule has 8 nitrogen and oxygen atoms in total. The number of allylic oxidation sites excluding steroid dienone is 2. The van der Waals surface area contributed by atoms with Crippen LogP contribution in [0.1, 0.15) is 51.7 Å². The zero-order valence-electron chi connectivity index (χ0n) is 20.1. The lowest BCUT2D eigenvalue weighted by atomic mass is 9.71. The van der Waals surface area contributed by atoms with E-state index in [1.54, 1.807) is 40.9 Å². The molecule has 1 N–H and O–H groups in total. The molecular weight excluding hydrogens is 424 g/mol. The number of ether oxygens (including phenoxy) is 3. The van der Waals surface area contributed by atoms with Gasteiger partial charge in [-0.05, 0) is 51.3 Å². The maximum atomic E-state index is 13.1. The number of hydrogen-bond acceptors (Lipinski definition) is 7. The number of methoxy groups -OCH3 is 1. The van der Waals surface area contributed by atoms with E-state index in [9.17, 15) is 14.4 Å². The summed E-state index contributed by atoms with van der Waals surface area (Å²) in [6.45, 7) is 7.56. The zero-order valence-corrected chi connectivity index (χ0v) is 20.1. The molecule has 0 spiro atoms. The molecule has 1 heterocycles. The van der Waals surface area contributed by atoms with Gasteiger partial charge in [-0.25, -0.2) is 9.59 Å². The average Bonchev–Trinajstić information content (AvgIpc) is 3.11. The fraction of sp³-hybridized carbons (Fsp3) is 0.480. The number of nitrogens with one attached hydrogen (secondary N) is 1. The van der Waals surface area contributed by atoms with E-state index in [1.807, 2.05) is 24.3 Å². The summed E-state index contributed by atoms with van der Waals surface area (Å²) in [5, 5.41) is 2.90. The molecule has 178 valence electrons. The summed E-state index contributed by atoms with van der Waals surface area (Å²) in [6.07, 6.45) is 3.72. The van der Waals surface area contributed by atoms with E-state index in [0.717, 1.165) is 16.7 Å². The Morgan fingerprint density at radius 3 is 2.58 bits per heavy atom. The maximum Gasteiger partial charge on any atom is 0.414 e. The van der Waals surface area contributed by atoms with Gasteiger partial charge in [0.2, 0.25) is 0 Å². The first-order valence-electron chi connectivity index (χ1n) is 11.0. The van der Waals surface area contributed by atoms with Crippen LogP contribution in [0, 0.1) is 0 Å². The Bertz CT molecular complexity index is 1020. The zero-order chi connectivity index (χ0) is 24.4. The van der Waals surface area contributed by atoms with E-state index < -0.39 is 29.0 Å². The molecule has 1 amide bonds. The molecule has 33 heavy (non-hydrogen) atoms. The lowest BCUT2D eigenvalue weighted by Crippen LogP contribution is -2.45. The highest BCUT2D eigenvalue weighted by atomic mass is 16.6. The predicted molar refractivity (Wildman–Crippen MR) is 125 cm³/mol. The predicted octanol–water partition coefficient (Wildman–Crippen LogP) is 3.70. The summed E-state index contributed by atoms with van der Waals surface area (Å²) >= 11 is 0. The minimum absolute atomic E-state index is 0.127. The summed E-state index contributed by atoms with van der Waals surface area (Å²) in [7, 11) is 3.07. The van der Waals surface area contributed by atoms with E-state index in [1.165, 1.54) is 12.0 Å². The van der Waals surface area contributed by atoms with Gasteiger partial charge in [-0.1, -0.05) is 18.2 Å². The van der Waals surface area contributed by atoms with Gasteiger partial charge < -0.3 is 19.5 Å². The highest BCUT2D eigenvalue weighted by Gasteiger charge is 2.54. The second-order valence-corrected chi connectivity index (χ2v) is 9.13. The molecule has 0 aromatic heterocycles. The van der Waals surface area contributed by atoms with Gasteiger partial charge >= 0.3 is 18.0 Å². The standard InChI is InChI=1S/C25H32N2O6/c1-7-32-21(28)17(14-26-5)13-16-11-12-25(22(29)31-6)15-27(23(30)33-24(2,3)4)19-10-8-9-18(16)20(19)25/h8-11,14,26H,7,12-13,15H2,1-6H3/b17-14-. The van der Waals surface area contributed by atoms with E-state index in [4.69, 9.17) is 14.2 Å². The van der Waals surface area contributed by atoms with Crippen LogP contribution in [-0.4, -0.2) is 50.9 Å². The summed E-state index contributed by atoms with van der Waals surface area (Å²) in [5.74, 6) is -0.811. The molecule has 0 radical (unpaired) electrons. The highest BCUT2D eigenvalue weighted by Crippen LogP contribution is 2.51. The number of amides is 1. The van der Waals surface area contributed by atoms with Crippen LogP contribution in [0.15, 0.2) is 36.0 Å². The van der Waals surface area contributed by atoms with Crippen LogP contribution in [-0.2, 0) is 29.2 Å². The van der Waals surface area contributed by atoms with Crippen molar-refractivity contribution in [2.75, 3.05) is 32.2 Å². The Kier molecular flexibility index (Phi) is 6.86. The summed E-state index contributed by atoms with van der Waals surface area (Å²) in [6, 6.07) is 5.55. The molecule has 1 atom stereocenters. The van der Waals surface area contributed by atoms with Crippen LogP contribution in [0.2, 0.25) is 0 Å². The van der Waals surface area contributed by atoms with Crippen molar-refractivity contribution >= 4 is 29.3 Å². The van der Waals surface area contributed by atoms with Gasteiger partial charge in [-0.2, -0.15) is 0 Å². The minimum Gasteiger partial charge on any atom is -0.468 e. The molecule has 0 fully saturated rings. The number of carbonyl (C=O) groups excluding carboxylic acids is 3. The third-order valence-electron chi connectivity index (χ3n) is 5.71. The van der Waals surface area contributed by atoms with Gasteiger partial charge in [-0.3, -0.25) is 9.69 Å². The third-order valence-corrected chi connectivity index (χ3v) is 5.71.